The van der Waals surface area contributed by atoms with Gasteiger partial charge in [-0.05, 0) is 45.0 Å². The Hall–Kier alpha value is -1.35. The molecule has 6 nitrogen and oxygen atoms in total. The second-order valence-corrected chi connectivity index (χ2v) is 6.72. The molecule has 0 saturated carbocycles. The van der Waals surface area contributed by atoms with E-state index >= 15 is 0 Å². The highest BCUT2D eigenvalue weighted by Gasteiger charge is 2.09. The van der Waals surface area contributed by atoms with Gasteiger partial charge in [-0.25, -0.2) is 4.99 Å². The molecule has 1 aromatic rings. The summed E-state index contributed by atoms with van der Waals surface area (Å²) in [5.41, 5.74) is 2.51. The van der Waals surface area contributed by atoms with Gasteiger partial charge in [-0.1, -0.05) is 38.1 Å². The van der Waals surface area contributed by atoms with Crippen LogP contribution in [0.4, 0.5) is 0 Å². The molecule has 0 spiro atoms. The zero-order chi connectivity index (χ0) is 20.8. The second-order valence-electron chi connectivity index (χ2n) is 6.72. The van der Waals surface area contributed by atoms with E-state index in [1.165, 1.54) is 11.1 Å². The van der Waals surface area contributed by atoms with E-state index in [0.29, 0.717) is 19.5 Å². The number of nitrogens with one attached hydrogen (secondary N) is 2. The Morgan fingerprint density at radius 3 is 2.21 bits per heavy atom. The van der Waals surface area contributed by atoms with Gasteiger partial charge in [0.05, 0.1) is 6.54 Å². The molecule has 0 aliphatic rings. The van der Waals surface area contributed by atoms with Crippen LogP contribution in [-0.2, 0) is 17.9 Å². The fourth-order valence-corrected chi connectivity index (χ4v) is 3.07. The Bertz CT molecular complexity index is 601. The molecule has 2 N–H and O–H groups in total. The van der Waals surface area contributed by atoms with E-state index in [2.05, 4.69) is 58.6 Å². The maximum absolute atomic E-state index is 12.1. The summed E-state index contributed by atoms with van der Waals surface area (Å²) in [6, 6.07) is 8.62. The lowest BCUT2D eigenvalue weighted by molar-refractivity contribution is -0.130. The van der Waals surface area contributed by atoms with E-state index in [0.717, 1.165) is 45.2 Å². The maximum atomic E-state index is 12.1. The minimum absolute atomic E-state index is 0. The summed E-state index contributed by atoms with van der Waals surface area (Å²) in [6.45, 7) is 17.0. The molecule has 0 aromatic heterocycles. The van der Waals surface area contributed by atoms with Gasteiger partial charge in [0, 0.05) is 39.1 Å². The van der Waals surface area contributed by atoms with Crippen molar-refractivity contribution in [3.05, 3.63) is 35.4 Å². The largest absolute Gasteiger partial charge is 0.357 e. The van der Waals surface area contributed by atoms with Gasteiger partial charge in [-0.3, -0.25) is 9.69 Å². The summed E-state index contributed by atoms with van der Waals surface area (Å²) < 4.78 is 0. The molecule has 1 amide bonds. The first-order valence-corrected chi connectivity index (χ1v) is 10.7. The van der Waals surface area contributed by atoms with E-state index in [9.17, 15) is 4.79 Å². The lowest BCUT2D eigenvalue weighted by Crippen LogP contribution is -2.40. The Labute approximate surface area is 194 Å². The number of rotatable bonds is 12. The quantitative estimate of drug-likeness (QED) is 0.253. The van der Waals surface area contributed by atoms with Gasteiger partial charge in [0.25, 0.3) is 0 Å². The third-order valence-corrected chi connectivity index (χ3v) is 4.80. The average molecular weight is 518 g/mol. The van der Waals surface area contributed by atoms with Gasteiger partial charge in [-0.15, -0.1) is 24.0 Å². The predicted octanol–water partition coefficient (Wildman–Crippen LogP) is 3.46. The number of hydrogen-bond acceptors (Lipinski definition) is 3. The third-order valence-electron chi connectivity index (χ3n) is 4.80. The number of amides is 1. The normalized spacial score (nSPS) is 11.2. The number of aliphatic imine (C=N–C) groups is 1. The van der Waals surface area contributed by atoms with Crippen molar-refractivity contribution in [1.29, 1.82) is 0 Å². The van der Waals surface area contributed by atoms with Gasteiger partial charge in [0.15, 0.2) is 5.96 Å². The van der Waals surface area contributed by atoms with Crippen molar-refractivity contribution in [1.82, 2.24) is 20.4 Å². The Kier molecular flexibility index (Phi) is 15.7. The molecule has 7 heteroatoms. The Morgan fingerprint density at radius 1 is 0.966 bits per heavy atom. The molecule has 166 valence electrons. The molecule has 1 aromatic carbocycles. The second kappa shape index (κ2) is 16.4. The topological polar surface area (TPSA) is 60.0 Å². The van der Waals surface area contributed by atoms with Gasteiger partial charge >= 0.3 is 0 Å². The molecule has 0 unspecified atom stereocenters. The zero-order valence-electron chi connectivity index (χ0n) is 18.8. The summed E-state index contributed by atoms with van der Waals surface area (Å²) in [5.74, 6) is 0.932. The molecule has 0 bridgehead atoms. The number of benzene rings is 1. The summed E-state index contributed by atoms with van der Waals surface area (Å²) >= 11 is 0. The fourth-order valence-electron chi connectivity index (χ4n) is 3.07. The van der Waals surface area contributed by atoms with Crippen molar-refractivity contribution in [3.8, 4) is 0 Å². The fraction of sp³-hybridized carbons (Fsp3) is 0.636. The third kappa shape index (κ3) is 10.8. The van der Waals surface area contributed by atoms with Crippen LogP contribution in [0.15, 0.2) is 29.3 Å². The molecule has 1 rings (SSSR count). The highest BCUT2D eigenvalue weighted by Crippen LogP contribution is 2.09. The van der Waals surface area contributed by atoms with Crippen LogP contribution in [0, 0.1) is 0 Å². The summed E-state index contributed by atoms with van der Waals surface area (Å²) in [4.78, 5) is 21.1. The molecule has 0 heterocycles. The lowest BCUT2D eigenvalue weighted by Gasteiger charge is -2.19. The lowest BCUT2D eigenvalue weighted by atomic mass is 10.1. The minimum Gasteiger partial charge on any atom is -0.357 e. The highest BCUT2D eigenvalue weighted by molar-refractivity contribution is 14.0. The number of nitrogens with zero attached hydrogens (tertiary/aromatic N) is 3. The monoisotopic (exact) mass is 517 g/mol. The van der Waals surface area contributed by atoms with Crippen LogP contribution in [0.5, 0.6) is 0 Å². The molecule has 29 heavy (non-hydrogen) atoms. The Balaban J connectivity index is 0.00000784. The summed E-state index contributed by atoms with van der Waals surface area (Å²) in [7, 11) is 0. The van der Waals surface area contributed by atoms with Gasteiger partial charge in [0.2, 0.25) is 5.91 Å². The van der Waals surface area contributed by atoms with Crippen LogP contribution in [0.1, 0.15) is 52.2 Å². The van der Waals surface area contributed by atoms with E-state index in [1.54, 1.807) is 0 Å². The maximum Gasteiger partial charge on any atom is 0.224 e. The molecular formula is C22H40IN5O. The van der Waals surface area contributed by atoms with E-state index in [1.807, 2.05) is 25.7 Å². The molecule has 0 atom stereocenters. The first-order chi connectivity index (χ1) is 13.6. The predicted molar refractivity (Wildman–Crippen MR) is 134 cm³/mol. The zero-order valence-corrected chi connectivity index (χ0v) is 21.2. The molecule has 0 aliphatic carbocycles. The molecule has 0 saturated heterocycles. The van der Waals surface area contributed by atoms with Crippen LogP contribution in [0.2, 0.25) is 0 Å². The number of carbonyl (C=O) groups is 1. The number of guanidine groups is 1. The van der Waals surface area contributed by atoms with Gasteiger partial charge in [-0.2, -0.15) is 0 Å². The smallest absolute Gasteiger partial charge is 0.224 e. The first-order valence-electron chi connectivity index (χ1n) is 10.7. The van der Waals surface area contributed by atoms with E-state index in [4.69, 9.17) is 0 Å². The summed E-state index contributed by atoms with van der Waals surface area (Å²) in [6.07, 6.45) is 0.478. The average Bonchev–Trinajstić information content (AvgIpc) is 2.71. The number of halogens is 1. The van der Waals surface area contributed by atoms with Gasteiger partial charge in [0.1, 0.15) is 0 Å². The van der Waals surface area contributed by atoms with Crippen molar-refractivity contribution in [2.24, 2.45) is 4.99 Å². The molecule has 0 fully saturated rings. The highest BCUT2D eigenvalue weighted by atomic mass is 127. The van der Waals surface area contributed by atoms with Crippen molar-refractivity contribution in [3.63, 3.8) is 0 Å². The van der Waals surface area contributed by atoms with Crippen molar-refractivity contribution >= 4 is 35.8 Å². The van der Waals surface area contributed by atoms with E-state index in [-0.39, 0.29) is 29.9 Å². The summed E-state index contributed by atoms with van der Waals surface area (Å²) in [5, 5.41) is 6.53. The first kappa shape index (κ1) is 27.6. The van der Waals surface area contributed by atoms with E-state index < -0.39 is 0 Å². The number of hydrogen-bond donors (Lipinski definition) is 2. The standard InChI is InChI=1S/C22H39N5O.HI/c1-6-23-22(24-15-14-21(28)27(9-4)10-5)25-17-19-12-11-13-20(16-19)18-26(7-2)8-3;/h11-13,16H,6-10,14-15,17-18H2,1-5H3,(H2,23,24,25);1H. The molecule has 0 aliphatic heterocycles. The minimum atomic E-state index is 0. The van der Waals surface area contributed by atoms with Crippen LogP contribution in [0.3, 0.4) is 0 Å². The van der Waals surface area contributed by atoms with Gasteiger partial charge < -0.3 is 15.5 Å². The van der Waals surface area contributed by atoms with Crippen LogP contribution in [0.25, 0.3) is 0 Å². The van der Waals surface area contributed by atoms with Crippen molar-refractivity contribution in [2.45, 2.75) is 54.1 Å². The van der Waals surface area contributed by atoms with Crippen LogP contribution >= 0.6 is 24.0 Å². The number of carbonyl (C=O) groups excluding carboxylic acids is 1. The molecule has 0 radical (unpaired) electrons. The van der Waals surface area contributed by atoms with Crippen LogP contribution < -0.4 is 10.6 Å². The Morgan fingerprint density at radius 2 is 1.62 bits per heavy atom. The van der Waals surface area contributed by atoms with Crippen LogP contribution in [-0.4, -0.2) is 60.9 Å². The van der Waals surface area contributed by atoms with Crippen molar-refractivity contribution < 1.29 is 4.79 Å². The molecular weight excluding hydrogens is 477 g/mol. The van der Waals surface area contributed by atoms with Crippen molar-refractivity contribution in [2.75, 3.05) is 39.3 Å². The SMILES string of the molecule is CCNC(=NCc1cccc(CN(CC)CC)c1)NCCC(=O)N(CC)CC.I.